The summed E-state index contributed by atoms with van der Waals surface area (Å²) in [5.41, 5.74) is 1.22. The summed E-state index contributed by atoms with van der Waals surface area (Å²) in [5.74, 6) is -0.409. The van der Waals surface area contributed by atoms with E-state index in [0.717, 1.165) is 5.56 Å². The van der Waals surface area contributed by atoms with E-state index in [0.29, 0.717) is 11.3 Å². The smallest absolute Gasteiger partial charge is 0.355 e. The van der Waals surface area contributed by atoms with Crippen LogP contribution in [0.3, 0.4) is 0 Å². The second kappa shape index (κ2) is 9.08. The number of nitrogens with one attached hydrogen (secondary N) is 1. The second-order valence-corrected chi connectivity index (χ2v) is 5.04. The monoisotopic (exact) mass is 337 g/mol. The van der Waals surface area contributed by atoms with Crippen molar-refractivity contribution in [2.75, 3.05) is 13.7 Å². The van der Waals surface area contributed by atoms with Crippen LogP contribution in [-0.4, -0.2) is 25.6 Å². The Hall–Kier alpha value is -3.34. The molecule has 0 spiro atoms. The van der Waals surface area contributed by atoms with E-state index in [1.165, 1.54) is 6.08 Å². The molecule has 5 heteroatoms. The first kappa shape index (κ1) is 18.0. The maximum absolute atomic E-state index is 12.4. The number of rotatable bonds is 7. The van der Waals surface area contributed by atoms with Gasteiger partial charge in [0.2, 0.25) is 0 Å². The summed E-state index contributed by atoms with van der Waals surface area (Å²) in [7, 11) is 1.55. The van der Waals surface area contributed by atoms with Crippen molar-refractivity contribution < 1.29 is 19.1 Å². The summed E-state index contributed by atoms with van der Waals surface area (Å²) in [6, 6.07) is 15.8. The molecular formula is C20H19NO4. The van der Waals surface area contributed by atoms with E-state index >= 15 is 0 Å². The molecule has 0 unspecified atom stereocenters. The quantitative estimate of drug-likeness (QED) is 0.479. The average Bonchev–Trinajstić information content (AvgIpc) is 2.66. The first-order valence-corrected chi connectivity index (χ1v) is 7.64. The zero-order valence-electron chi connectivity index (χ0n) is 13.9. The molecule has 1 amide bonds. The normalized spacial score (nSPS) is 10.7. The molecule has 2 rings (SSSR count). The van der Waals surface area contributed by atoms with Crippen molar-refractivity contribution in [3.63, 3.8) is 0 Å². The van der Waals surface area contributed by atoms with Gasteiger partial charge in [0.25, 0.3) is 5.91 Å². The molecule has 1 N–H and O–H groups in total. The Morgan fingerprint density at radius 2 is 1.76 bits per heavy atom. The Morgan fingerprint density at radius 1 is 1.08 bits per heavy atom. The number of amides is 1. The molecule has 0 aromatic heterocycles. The van der Waals surface area contributed by atoms with E-state index in [9.17, 15) is 9.59 Å². The highest BCUT2D eigenvalue weighted by Crippen LogP contribution is 2.12. The van der Waals surface area contributed by atoms with Crippen molar-refractivity contribution in [1.82, 2.24) is 5.32 Å². The van der Waals surface area contributed by atoms with E-state index in [1.54, 1.807) is 37.5 Å². The number of benzene rings is 2. The van der Waals surface area contributed by atoms with Gasteiger partial charge < -0.3 is 14.8 Å². The van der Waals surface area contributed by atoms with Crippen molar-refractivity contribution in [2.24, 2.45) is 0 Å². The lowest BCUT2D eigenvalue weighted by Gasteiger charge is -2.10. The number of esters is 1. The predicted molar refractivity (Wildman–Crippen MR) is 96.0 cm³/mol. The summed E-state index contributed by atoms with van der Waals surface area (Å²) in [6.07, 6.45) is 3.02. The number of hydrogen-bond acceptors (Lipinski definition) is 4. The molecule has 0 saturated carbocycles. The van der Waals surface area contributed by atoms with Crippen LogP contribution in [0, 0.1) is 0 Å². The molecule has 128 valence electrons. The Morgan fingerprint density at radius 3 is 2.36 bits per heavy atom. The zero-order chi connectivity index (χ0) is 18.1. The highest BCUT2D eigenvalue weighted by molar-refractivity contribution is 6.03. The fourth-order valence-electron chi connectivity index (χ4n) is 2.01. The van der Waals surface area contributed by atoms with Crippen molar-refractivity contribution in [1.29, 1.82) is 0 Å². The summed E-state index contributed by atoms with van der Waals surface area (Å²) >= 11 is 0. The number of carbonyl (C=O) groups excluding carboxylic acids is 2. The zero-order valence-corrected chi connectivity index (χ0v) is 13.9. The highest BCUT2D eigenvalue weighted by atomic mass is 16.5. The first-order valence-electron chi connectivity index (χ1n) is 7.64. The van der Waals surface area contributed by atoms with E-state index in [4.69, 9.17) is 9.47 Å². The molecule has 5 nitrogen and oxygen atoms in total. The number of methoxy groups -OCH3 is 1. The van der Waals surface area contributed by atoms with Gasteiger partial charge in [0, 0.05) is 5.56 Å². The van der Waals surface area contributed by atoms with Crippen molar-refractivity contribution in [3.05, 3.63) is 84.1 Å². The van der Waals surface area contributed by atoms with Crippen molar-refractivity contribution in [2.45, 2.75) is 0 Å². The third-order valence-electron chi connectivity index (χ3n) is 3.26. The van der Waals surface area contributed by atoms with E-state index in [1.807, 2.05) is 30.3 Å². The molecule has 0 aliphatic heterocycles. The Balaban J connectivity index is 2.22. The fourth-order valence-corrected chi connectivity index (χ4v) is 2.01. The summed E-state index contributed by atoms with van der Waals surface area (Å²) < 4.78 is 10.1. The van der Waals surface area contributed by atoms with Gasteiger partial charge in [-0.1, -0.05) is 43.0 Å². The van der Waals surface area contributed by atoms with Gasteiger partial charge in [-0.15, -0.1) is 0 Å². The predicted octanol–water partition coefficient (Wildman–Crippen LogP) is 3.20. The van der Waals surface area contributed by atoms with Gasteiger partial charge in [-0.3, -0.25) is 4.79 Å². The number of hydrogen-bond donors (Lipinski definition) is 1. The van der Waals surface area contributed by atoms with Crippen LogP contribution in [0.2, 0.25) is 0 Å². The van der Waals surface area contributed by atoms with Gasteiger partial charge in [-0.05, 0) is 35.9 Å². The third-order valence-corrected chi connectivity index (χ3v) is 3.26. The van der Waals surface area contributed by atoms with Crippen LogP contribution in [-0.2, 0) is 9.53 Å². The van der Waals surface area contributed by atoms with Crippen LogP contribution in [0.1, 0.15) is 15.9 Å². The van der Waals surface area contributed by atoms with Gasteiger partial charge >= 0.3 is 5.97 Å². The minimum Gasteiger partial charge on any atom is -0.497 e. The van der Waals surface area contributed by atoms with Crippen LogP contribution < -0.4 is 10.1 Å². The Labute approximate surface area is 146 Å². The molecule has 2 aromatic carbocycles. The lowest BCUT2D eigenvalue weighted by molar-refractivity contribution is -0.138. The van der Waals surface area contributed by atoms with Gasteiger partial charge in [0.15, 0.2) is 0 Å². The van der Waals surface area contributed by atoms with E-state index < -0.39 is 11.9 Å². The maximum atomic E-state index is 12.4. The fraction of sp³-hybridized carbons (Fsp3) is 0.100. The van der Waals surface area contributed by atoms with Crippen LogP contribution in [0.5, 0.6) is 5.75 Å². The molecule has 2 aromatic rings. The van der Waals surface area contributed by atoms with Crippen LogP contribution in [0.4, 0.5) is 0 Å². The Bertz CT molecular complexity index is 764. The lowest BCUT2D eigenvalue weighted by atomic mass is 10.1. The molecule has 0 saturated heterocycles. The van der Waals surface area contributed by atoms with Gasteiger partial charge in [0.1, 0.15) is 18.1 Å². The molecular weight excluding hydrogens is 318 g/mol. The van der Waals surface area contributed by atoms with Crippen molar-refractivity contribution in [3.8, 4) is 5.75 Å². The molecule has 0 radical (unpaired) electrons. The Kier molecular flexibility index (Phi) is 6.54. The molecule has 25 heavy (non-hydrogen) atoms. The standard InChI is InChI=1S/C20H19NO4/c1-3-13-25-20(23)18(14-15-7-5-4-6-8-15)21-19(22)16-9-11-17(24-2)12-10-16/h3-12,14H,1,13H2,2H3,(H,21,22). The average molecular weight is 337 g/mol. The van der Waals surface area contributed by atoms with Crippen LogP contribution in [0.25, 0.3) is 6.08 Å². The van der Waals surface area contributed by atoms with Gasteiger partial charge in [-0.25, -0.2) is 4.79 Å². The van der Waals surface area contributed by atoms with Crippen LogP contribution >= 0.6 is 0 Å². The molecule has 0 aliphatic carbocycles. The molecule has 0 atom stereocenters. The number of ether oxygens (including phenoxy) is 2. The number of carbonyl (C=O) groups is 2. The largest absolute Gasteiger partial charge is 0.497 e. The van der Waals surface area contributed by atoms with Crippen LogP contribution in [0.15, 0.2) is 72.9 Å². The molecule has 0 fully saturated rings. The molecule has 0 bridgehead atoms. The van der Waals surface area contributed by atoms with Gasteiger partial charge in [0.05, 0.1) is 7.11 Å². The van der Waals surface area contributed by atoms with E-state index in [2.05, 4.69) is 11.9 Å². The van der Waals surface area contributed by atoms with Crippen molar-refractivity contribution >= 4 is 18.0 Å². The maximum Gasteiger partial charge on any atom is 0.355 e. The third kappa shape index (κ3) is 5.35. The van der Waals surface area contributed by atoms with Gasteiger partial charge in [-0.2, -0.15) is 0 Å². The molecule has 0 heterocycles. The first-order chi connectivity index (χ1) is 12.1. The summed E-state index contributed by atoms with van der Waals surface area (Å²) in [6.45, 7) is 3.56. The minimum atomic E-state index is -0.634. The molecule has 0 aliphatic rings. The summed E-state index contributed by atoms with van der Waals surface area (Å²) in [4.78, 5) is 24.6. The second-order valence-electron chi connectivity index (χ2n) is 5.04. The highest BCUT2D eigenvalue weighted by Gasteiger charge is 2.15. The van der Waals surface area contributed by atoms with E-state index in [-0.39, 0.29) is 12.3 Å². The topological polar surface area (TPSA) is 64.6 Å². The SMILES string of the molecule is C=CCOC(=O)C(=Cc1ccccc1)NC(=O)c1ccc(OC)cc1. The lowest BCUT2D eigenvalue weighted by Crippen LogP contribution is -2.28. The minimum absolute atomic E-state index is 0.0499. The summed E-state index contributed by atoms with van der Waals surface area (Å²) in [5, 5.41) is 2.60.